The first-order chi connectivity index (χ1) is 9.15. The summed E-state index contributed by atoms with van der Waals surface area (Å²) in [6.07, 6.45) is 4.88. The Morgan fingerprint density at radius 3 is 2.84 bits per heavy atom. The molecule has 3 rings (SSSR count). The average molecular weight is 295 g/mol. The van der Waals surface area contributed by atoms with E-state index in [0.717, 1.165) is 18.4 Å². The summed E-state index contributed by atoms with van der Waals surface area (Å²) >= 11 is 11.6. The first kappa shape index (κ1) is 12.7. The fraction of sp³-hybridized carbons (Fsp3) is 0.286. The maximum atomic E-state index is 11.9. The Morgan fingerprint density at radius 2 is 2.00 bits per heavy atom. The van der Waals surface area contributed by atoms with Gasteiger partial charge in [0.1, 0.15) is 5.02 Å². The van der Waals surface area contributed by atoms with Crippen LogP contribution >= 0.6 is 23.2 Å². The number of benzene rings is 1. The molecule has 98 valence electrons. The van der Waals surface area contributed by atoms with E-state index in [2.05, 4.69) is 17.2 Å². The van der Waals surface area contributed by atoms with Crippen molar-refractivity contribution in [1.29, 1.82) is 0 Å². The highest BCUT2D eigenvalue weighted by Gasteiger charge is 2.12. The van der Waals surface area contributed by atoms with Gasteiger partial charge in [-0.15, -0.1) is 0 Å². The molecule has 1 heterocycles. The van der Waals surface area contributed by atoms with E-state index in [1.165, 1.54) is 28.4 Å². The third kappa shape index (κ3) is 2.40. The van der Waals surface area contributed by atoms with Crippen LogP contribution in [-0.2, 0) is 19.4 Å². The number of nitrogens with zero attached hydrogens (tertiary/aromatic N) is 2. The molecular formula is C14H12Cl2N2O. The van der Waals surface area contributed by atoms with Gasteiger partial charge in [0.25, 0.3) is 5.56 Å². The molecule has 2 aromatic rings. The van der Waals surface area contributed by atoms with Gasteiger partial charge >= 0.3 is 0 Å². The molecule has 0 saturated heterocycles. The van der Waals surface area contributed by atoms with Gasteiger partial charge in [-0.05, 0) is 36.0 Å². The quantitative estimate of drug-likeness (QED) is 0.853. The third-order valence-electron chi connectivity index (χ3n) is 3.44. The highest BCUT2D eigenvalue weighted by Crippen LogP contribution is 2.23. The molecule has 0 amide bonds. The van der Waals surface area contributed by atoms with Crippen molar-refractivity contribution in [3.8, 4) is 0 Å². The molecule has 0 aliphatic heterocycles. The van der Waals surface area contributed by atoms with Crippen LogP contribution in [0.2, 0.25) is 10.0 Å². The van der Waals surface area contributed by atoms with E-state index in [1.54, 1.807) is 0 Å². The Hall–Kier alpha value is -1.32. The van der Waals surface area contributed by atoms with Crippen molar-refractivity contribution in [1.82, 2.24) is 9.78 Å². The van der Waals surface area contributed by atoms with Gasteiger partial charge in [0, 0.05) is 0 Å². The highest BCUT2D eigenvalue weighted by atomic mass is 35.5. The number of fused-ring (bicyclic) bond motifs is 1. The lowest BCUT2D eigenvalue weighted by Gasteiger charge is -2.07. The zero-order chi connectivity index (χ0) is 13.4. The molecule has 0 fully saturated rings. The summed E-state index contributed by atoms with van der Waals surface area (Å²) in [4.78, 5) is 11.9. The standard InChI is InChI=1S/C14H12Cl2N2O/c15-12-7-17-18(14(19)13(12)16)8-9-4-5-10-2-1-3-11(10)6-9/h4-7H,1-3,8H2. The summed E-state index contributed by atoms with van der Waals surface area (Å²) in [5.74, 6) is 0. The van der Waals surface area contributed by atoms with Crippen molar-refractivity contribution in [2.45, 2.75) is 25.8 Å². The number of aryl methyl sites for hydroxylation is 2. The SMILES string of the molecule is O=c1c(Cl)c(Cl)cnn1Cc1ccc2c(c1)CCC2. The van der Waals surface area contributed by atoms with Crippen molar-refractivity contribution >= 4 is 23.2 Å². The lowest BCUT2D eigenvalue weighted by Crippen LogP contribution is -2.23. The second kappa shape index (κ2) is 4.99. The number of rotatable bonds is 2. The molecule has 1 aromatic carbocycles. The van der Waals surface area contributed by atoms with Crippen LogP contribution in [-0.4, -0.2) is 9.78 Å². The molecule has 0 radical (unpaired) electrons. The Morgan fingerprint density at radius 1 is 1.21 bits per heavy atom. The molecule has 3 nitrogen and oxygen atoms in total. The van der Waals surface area contributed by atoms with Crippen LogP contribution in [0.5, 0.6) is 0 Å². The first-order valence-electron chi connectivity index (χ1n) is 6.17. The van der Waals surface area contributed by atoms with Crippen LogP contribution in [0.3, 0.4) is 0 Å². The van der Waals surface area contributed by atoms with Gasteiger partial charge in [-0.3, -0.25) is 4.79 Å². The first-order valence-corrected chi connectivity index (χ1v) is 6.92. The van der Waals surface area contributed by atoms with Crippen LogP contribution < -0.4 is 5.56 Å². The Balaban J connectivity index is 1.94. The topological polar surface area (TPSA) is 34.9 Å². The van der Waals surface area contributed by atoms with Gasteiger partial charge in [0.05, 0.1) is 17.8 Å². The number of hydrogen-bond donors (Lipinski definition) is 0. The Kier molecular flexibility index (Phi) is 3.33. The molecule has 0 saturated carbocycles. The highest BCUT2D eigenvalue weighted by molar-refractivity contribution is 6.41. The second-order valence-electron chi connectivity index (χ2n) is 4.73. The van der Waals surface area contributed by atoms with E-state index in [-0.39, 0.29) is 15.6 Å². The molecule has 0 spiro atoms. The molecule has 1 aliphatic carbocycles. The van der Waals surface area contributed by atoms with Crippen LogP contribution in [0.15, 0.2) is 29.2 Å². The molecule has 0 unspecified atom stereocenters. The minimum Gasteiger partial charge on any atom is -0.266 e. The number of aromatic nitrogens is 2. The summed E-state index contributed by atoms with van der Waals surface area (Å²) in [7, 11) is 0. The predicted molar refractivity (Wildman–Crippen MR) is 76.1 cm³/mol. The van der Waals surface area contributed by atoms with Gasteiger partial charge < -0.3 is 0 Å². The third-order valence-corrected chi connectivity index (χ3v) is 4.19. The van der Waals surface area contributed by atoms with Crippen molar-refractivity contribution in [3.63, 3.8) is 0 Å². The summed E-state index contributed by atoms with van der Waals surface area (Å²) in [6, 6.07) is 6.33. The Bertz CT molecular complexity index is 694. The van der Waals surface area contributed by atoms with E-state index >= 15 is 0 Å². The van der Waals surface area contributed by atoms with Crippen molar-refractivity contribution in [3.05, 3.63) is 61.5 Å². The van der Waals surface area contributed by atoms with Crippen molar-refractivity contribution in [2.75, 3.05) is 0 Å². The van der Waals surface area contributed by atoms with Crippen LogP contribution in [0.25, 0.3) is 0 Å². The van der Waals surface area contributed by atoms with E-state index in [4.69, 9.17) is 23.2 Å². The van der Waals surface area contributed by atoms with Crippen LogP contribution in [0.1, 0.15) is 23.1 Å². The minimum atomic E-state index is -0.352. The van der Waals surface area contributed by atoms with Gasteiger partial charge in [-0.25, -0.2) is 4.68 Å². The molecule has 1 aliphatic rings. The molecular weight excluding hydrogens is 283 g/mol. The normalized spacial score (nSPS) is 13.6. The monoisotopic (exact) mass is 294 g/mol. The van der Waals surface area contributed by atoms with E-state index in [1.807, 2.05) is 6.07 Å². The van der Waals surface area contributed by atoms with Crippen LogP contribution in [0, 0.1) is 0 Å². The van der Waals surface area contributed by atoms with Gasteiger partial charge in [0.15, 0.2) is 0 Å². The second-order valence-corrected chi connectivity index (χ2v) is 5.51. The zero-order valence-electron chi connectivity index (χ0n) is 10.2. The summed E-state index contributed by atoms with van der Waals surface area (Å²) in [6.45, 7) is 0.420. The maximum absolute atomic E-state index is 11.9. The van der Waals surface area contributed by atoms with Gasteiger partial charge in [-0.1, -0.05) is 41.4 Å². The van der Waals surface area contributed by atoms with Gasteiger partial charge in [-0.2, -0.15) is 5.10 Å². The molecule has 0 bridgehead atoms. The van der Waals surface area contributed by atoms with Crippen molar-refractivity contribution in [2.24, 2.45) is 0 Å². The molecule has 5 heteroatoms. The molecule has 0 N–H and O–H groups in total. The summed E-state index contributed by atoms with van der Waals surface area (Å²) < 4.78 is 1.34. The average Bonchev–Trinajstić information content (AvgIpc) is 2.87. The van der Waals surface area contributed by atoms with E-state index in [9.17, 15) is 4.79 Å². The van der Waals surface area contributed by atoms with Crippen molar-refractivity contribution < 1.29 is 0 Å². The van der Waals surface area contributed by atoms with E-state index in [0.29, 0.717) is 6.54 Å². The predicted octanol–water partition coefficient (Wildman–Crippen LogP) is 3.09. The largest absolute Gasteiger partial charge is 0.287 e. The summed E-state index contributed by atoms with van der Waals surface area (Å²) in [5, 5.41) is 4.23. The minimum absolute atomic E-state index is 0.0258. The molecule has 0 atom stereocenters. The smallest absolute Gasteiger partial charge is 0.266 e. The summed E-state index contributed by atoms with van der Waals surface area (Å²) in [5.41, 5.74) is 3.51. The number of hydrogen-bond acceptors (Lipinski definition) is 2. The zero-order valence-corrected chi connectivity index (χ0v) is 11.7. The number of halogens is 2. The van der Waals surface area contributed by atoms with Crippen LogP contribution in [0.4, 0.5) is 0 Å². The fourth-order valence-electron chi connectivity index (χ4n) is 2.45. The molecule has 1 aromatic heterocycles. The lowest BCUT2D eigenvalue weighted by atomic mass is 10.1. The van der Waals surface area contributed by atoms with Gasteiger partial charge in [0.2, 0.25) is 0 Å². The lowest BCUT2D eigenvalue weighted by molar-refractivity contribution is 0.639. The molecule has 19 heavy (non-hydrogen) atoms. The Labute approximate surface area is 120 Å². The van der Waals surface area contributed by atoms with E-state index < -0.39 is 0 Å². The fourth-order valence-corrected chi connectivity index (χ4v) is 2.72. The maximum Gasteiger partial charge on any atom is 0.287 e.